The number of benzene rings is 1. The average molecular weight is 344 g/mol. The topological polar surface area (TPSA) is 77.5 Å². The molecule has 0 saturated heterocycles. The zero-order valence-corrected chi connectivity index (χ0v) is 12.9. The van der Waals surface area contributed by atoms with Crippen molar-refractivity contribution in [2.75, 3.05) is 25.0 Å². The number of aromatic nitrogens is 1. The number of rotatable bonds is 7. The van der Waals surface area contributed by atoms with E-state index in [9.17, 15) is 17.2 Å². The van der Waals surface area contributed by atoms with Gasteiger partial charge in [-0.1, -0.05) is 0 Å². The van der Waals surface area contributed by atoms with Gasteiger partial charge in [0.05, 0.1) is 23.4 Å². The smallest absolute Gasteiger partial charge is 0.262 e. The molecule has 0 aliphatic carbocycles. The first-order chi connectivity index (χ1) is 10.9. The fraction of sp³-hybridized carbons (Fsp3) is 0.214. The normalized spacial score (nSPS) is 11.3. The Kier molecular flexibility index (Phi) is 5.45. The van der Waals surface area contributed by atoms with Gasteiger partial charge in [0.25, 0.3) is 10.0 Å². The number of ether oxygens (including phenoxy) is 2. The minimum absolute atomic E-state index is 0.133. The molecule has 0 saturated carbocycles. The van der Waals surface area contributed by atoms with Crippen LogP contribution in [0.25, 0.3) is 0 Å². The van der Waals surface area contributed by atoms with Crippen molar-refractivity contribution < 1.29 is 26.7 Å². The maximum absolute atomic E-state index is 13.1. The zero-order chi connectivity index (χ0) is 16.9. The van der Waals surface area contributed by atoms with Crippen LogP contribution >= 0.6 is 0 Å². The molecule has 9 heteroatoms. The molecule has 1 aromatic heterocycles. The summed E-state index contributed by atoms with van der Waals surface area (Å²) in [5.74, 6) is -1.67. The van der Waals surface area contributed by atoms with Crippen molar-refractivity contribution in [2.45, 2.75) is 4.90 Å². The molecule has 0 aliphatic rings. The van der Waals surface area contributed by atoms with E-state index >= 15 is 0 Å². The summed E-state index contributed by atoms with van der Waals surface area (Å²) in [5, 5.41) is 0. The number of nitrogens with one attached hydrogen (secondary N) is 1. The number of pyridine rings is 1. The summed E-state index contributed by atoms with van der Waals surface area (Å²) in [7, 11) is -2.59. The third-order valence-electron chi connectivity index (χ3n) is 2.67. The maximum Gasteiger partial charge on any atom is 0.262 e. The van der Waals surface area contributed by atoms with Crippen LogP contribution in [0.3, 0.4) is 0 Å². The Bertz CT molecular complexity index is 747. The Balaban J connectivity index is 2.11. The molecule has 0 atom stereocenters. The van der Waals surface area contributed by atoms with Gasteiger partial charge in [0, 0.05) is 19.2 Å². The lowest BCUT2D eigenvalue weighted by molar-refractivity contribution is 0.144. The van der Waals surface area contributed by atoms with Gasteiger partial charge < -0.3 is 9.47 Å². The first kappa shape index (κ1) is 17.1. The van der Waals surface area contributed by atoms with E-state index in [1.165, 1.54) is 25.4 Å². The maximum atomic E-state index is 13.1. The summed E-state index contributed by atoms with van der Waals surface area (Å²) in [6.45, 7) is 0.693. The van der Waals surface area contributed by atoms with E-state index in [4.69, 9.17) is 9.47 Å². The lowest BCUT2D eigenvalue weighted by Gasteiger charge is -2.09. The van der Waals surface area contributed by atoms with Crippen LogP contribution in [-0.4, -0.2) is 33.7 Å². The van der Waals surface area contributed by atoms with Crippen molar-refractivity contribution in [3.63, 3.8) is 0 Å². The third kappa shape index (κ3) is 4.86. The molecule has 0 fully saturated rings. The summed E-state index contributed by atoms with van der Waals surface area (Å²) in [6.07, 6.45) is 1.23. The van der Waals surface area contributed by atoms with E-state index in [2.05, 4.69) is 9.71 Å². The van der Waals surface area contributed by atoms with E-state index in [1.807, 2.05) is 0 Å². The zero-order valence-electron chi connectivity index (χ0n) is 12.1. The number of nitrogens with zero attached hydrogens (tertiary/aromatic N) is 1. The van der Waals surface area contributed by atoms with Crippen molar-refractivity contribution in [3.8, 4) is 5.88 Å². The summed E-state index contributed by atoms with van der Waals surface area (Å²) in [4.78, 5) is 3.39. The van der Waals surface area contributed by atoms with Crippen molar-refractivity contribution in [3.05, 3.63) is 48.2 Å². The van der Waals surface area contributed by atoms with Crippen LogP contribution in [0.2, 0.25) is 0 Å². The molecule has 124 valence electrons. The molecule has 0 bridgehead atoms. The Labute approximate surface area is 132 Å². The van der Waals surface area contributed by atoms with Gasteiger partial charge in [-0.3, -0.25) is 4.72 Å². The van der Waals surface area contributed by atoms with Crippen LogP contribution in [0, 0.1) is 11.6 Å². The number of halogens is 2. The van der Waals surface area contributed by atoms with Crippen molar-refractivity contribution in [2.24, 2.45) is 0 Å². The molecule has 2 rings (SSSR count). The number of sulfonamides is 1. The summed E-state index contributed by atoms with van der Waals surface area (Å²) in [5.41, 5.74) is 0.133. The Morgan fingerprint density at radius 1 is 1.13 bits per heavy atom. The summed E-state index contributed by atoms with van der Waals surface area (Å²) in [6, 6.07) is 4.91. The van der Waals surface area contributed by atoms with E-state index < -0.39 is 26.6 Å². The molecule has 0 spiro atoms. The van der Waals surface area contributed by atoms with Crippen LogP contribution < -0.4 is 9.46 Å². The molecule has 0 radical (unpaired) electrons. The Morgan fingerprint density at radius 3 is 2.39 bits per heavy atom. The third-order valence-corrected chi connectivity index (χ3v) is 4.03. The molecule has 2 aromatic rings. The second-order valence-electron chi connectivity index (χ2n) is 4.44. The first-order valence-electron chi connectivity index (χ1n) is 6.47. The first-order valence-corrected chi connectivity index (χ1v) is 7.96. The Morgan fingerprint density at radius 2 is 1.83 bits per heavy atom. The highest BCUT2D eigenvalue weighted by molar-refractivity contribution is 7.92. The van der Waals surface area contributed by atoms with Crippen LogP contribution in [0.5, 0.6) is 5.88 Å². The lowest BCUT2D eigenvalue weighted by Crippen LogP contribution is -2.14. The second kappa shape index (κ2) is 7.34. The monoisotopic (exact) mass is 344 g/mol. The minimum Gasteiger partial charge on any atom is -0.475 e. The highest BCUT2D eigenvalue weighted by atomic mass is 32.2. The van der Waals surface area contributed by atoms with Gasteiger partial charge in [-0.2, -0.15) is 0 Å². The predicted octanol–water partition coefficient (Wildman–Crippen LogP) is 2.19. The van der Waals surface area contributed by atoms with Gasteiger partial charge in [0.2, 0.25) is 5.88 Å². The van der Waals surface area contributed by atoms with Crippen LogP contribution in [0.15, 0.2) is 41.4 Å². The van der Waals surface area contributed by atoms with Gasteiger partial charge in [0.1, 0.15) is 18.2 Å². The van der Waals surface area contributed by atoms with Crippen LogP contribution in [0.4, 0.5) is 14.5 Å². The molecule has 6 nitrogen and oxygen atoms in total. The minimum atomic E-state index is -4.12. The lowest BCUT2D eigenvalue weighted by atomic mass is 10.3. The Hall–Kier alpha value is -2.26. The fourth-order valence-corrected chi connectivity index (χ4v) is 2.74. The van der Waals surface area contributed by atoms with Gasteiger partial charge in [-0.25, -0.2) is 22.2 Å². The summed E-state index contributed by atoms with van der Waals surface area (Å²) >= 11 is 0. The SMILES string of the molecule is COCCOc1ccc(NS(=O)(=O)c2cc(F)cc(F)c2)cn1. The number of anilines is 1. The van der Waals surface area contributed by atoms with Gasteiger partial charge in [-0.15, -0.1) is 0 Å². The van der Waals surface area contributed by atoms with Gasteiger partial charge in [-0.05, 0) is 18.2 Å². The molecule has 1 N–H and O–H groups in total. The van der Waals surface area contributed by atoms with Crippen molar-refractivity contribution in [1.29, 1.82) is 0 Å². The van der Waals surface area contributed by atoms with E-state index in [-0.39, 0.29) is 5.69 Å². The molecule has 23 heavy (non-hydrogen) atoms. The number of hydrogen-bond donors (Lipinski definition) is 1. The van der Waals surface area contributed by atoms with Crippen molar-refractivity contribution >= 4 is 15.7 Å². The largest absolute Gasteiger partial charge is 0.475 e. The molecule has 1 aromatic carbocycles. The van der Waals surface area contributed by atoms with Gasteiger partial charge >= 0.3 is 0 Å². The highest BCUT2D eigenvalue weighted by Gasteiger charge is 2.17. The van der Waals surface area contributed by atoms with E-state index in [1.54, 1.807) is 0 Å². The highest BCUT2D eigenvalue weighted by Crippen LogP contribution is 2.19. The molecular weight excluding hydrogens is 330 g/mol. The quantitative estimate of drug-likeness (QED) is 0.779. The number of hydrogen-bond acceptors (Lipinski definition) is 5. The molecule has 0 unspecified atom stereocenters. The van der Waals surface area contributed by atoms with Gasteiger partial charge in [0.15, 0.2) is 0 Å². The predicted molar refractivity (Wildman–Crippen MR) is 78.8 cm³/mol. The molecule has 1 heterocycles. The van der Waals surface area contributed by atoms with Crippen molar-refractivity contribution in [1.82, 2.24) is 4.98 Å². The van der Waals surface area contributed by atoms with E-state index in [0.717, 1.165) is 12.1 Å². The standard InChI is InChI=1S/C14H14F2N2O4S/c1-21-4-5-22-14-3-2-12(9-17-14)18-23(19,20)13-7-10(15)6-11(16)8-13/h2-3,6-9,18H,4-5H2,1H3. The second-order valence-corrected chi connectivity index (χ2v) is 6.12. The fourth-order valence-electron chi connectivity index (χ4n) is 1.65. The molecule has 0 aliphatic heterocycles. The van der Waals surface area contributed by atoms with Crippen LogP contribution in [-0.2, 0) is 14.8 Å². The number of methoxy groups -OCH3 is 1. The molecule has 0 amide bonds. The van der Waals surface area contributed by atoms with E-state index in [0.29, 0.717) is 25.2 Å². The van der Waals surface area contributed by atoms with Crippen LogP contribution in [0.1, 0.15) is 0 Å². The molecular formula is C14H14F2N2O4S. The average Bonchev–Trinajstić information content (AvgIpc) is 2.48. The summed E-state index contributed by atoms with van der Waals surface area (Å²) < 4.78 is 62.6.